The van der Waals surface area contributed by atoms with E-state index in [0.717, 1.165) is 0 Å². The zero-order valence-electron chi connectivity index (χ0n) is 9.77. The minimum atomic E-state index is -0.336. The molecule has 100 valence electrons. The number of rotatable bonds is 3. The third-order valence-corrected chi connectivity index (χ3v) is 3.53. The van der Waals surface area contributed by atoms with Crippen LogP contribution in [0.15, 0.2) is 28.7 Å². The van der Waals surface area contributed by atoms with Crippen LogP contribution in [0.25, 0.3) is 0 Å². The molecule has 0 amide bonds. The highest BCUT2D eigenvalue weighted by Gasteiger charge is 2.09. The first-order chi connectivity index (χ1) is 9.01. The van der Waals surface area contributed by atoms with Gasteiger partial charge in [-0.2, -0.15) is 0 Å². The normalized spacial score (nSPS) is 10.4. The van der Waals surface area contributed by atoms with Crippen molar-refractivity contribution in [2.75, 3.05) is 17.7 Å². The van der Waals surface area contributed by atoms with Crippen LogP contribution >= 0.6 is 39.1 Å². The summed E-state index contributed by atoms with van der Waals surface area (Å²) in [6.45, 7) is 0. The Kier molecular flexibility index (Phi) is 4.50. The van der Waals surface area contributed by atoms with Gasteiger partial charge in [0.15, 0.2) is 5.82 Å². The van der Waals surface area contributed by atoms with E-state index >= 15 is 0 Å². The Morgan fingerprint density at radius 3 is 2.47 bits per heavy atom. The van der Waals surface area contributed by atoms with Crippen LogP contribution in [0.3, 0.4) is 0 Å². The first kappa shape index (κ1) is 14.4. The maximum Gasteiger partial charge on any atom is 0.151 e. The van der Waals surface area contributed by atoms with Crippen molar-refractivity contribution in [2.24, 2.45) is 0 Å². The SMILES string of the molecule is CNc1nc(Nc2ccc(F)c(Br)c2)c(Cl)cc1Cl. The third-order valence-electron chi connectivity index (χ3n) is 2.35. The number of halogens is 4. The second-order valence-corrected chi connectivity index (χ2v) is 5.32. The van der Waals surface area contributed by atoms with Crippen molar-refractivity contribution in [3.05, 3.63) is 44.6 Å². The largest absolute Gasteiger partial charge is 0.372 e. The third kappa shape index (κ3) is 3.29. The summed E-state index contributed by atoms with van der Waals surface area (Å²) in [6, 6.07) is 6.12. The molecule has 0 radical (unpaired) electrons. The molecule has 2 N–H and O–H groups in total. The predicted molar refractivity (Wildman–Crippen MR) is 81.2 cm³/mol. The standard InChI is InChI=1S/C12H9BrCl2FN3/c1-17-11-8(14)5-9(15)12(19-11)18-6-2-3-10(16)7(13)4-6/h2-5H,1H3,(H2,17,18,19). The molecule has 0 bridgehead atoms. The summed E-state index contributed by atoms with van der Waals surface area (Å²) in [5.41, 5.74) is 0.659. The average molecular weight is 365 g/mol. The topological polar surface area (TPSA) is 37.0 Å². The van der Waals surface area contributed by atoms with Crippen LogP contribution in [-0.2, 0) is 0 Å². The molecule has 7 heteroatoms. The Hall–Kier alpha value is -1.04. The van der Waals surface area contributed by atoms with Gasteiger partial charge < -0.3 is 10.6 Å². The fraction of sp³-hybridized carbons (Fsp3) is 0.0833. The van der Waals surface area contributed by atoms with Gasteiger partial charge in [0, 0.05) is 12.7 Å². The van der Waals surface area contributed by atoms with Gasteiger partial charge in [0.25, 0.3) is 0 Å². The van der Waals surface area contributed by atoms with Gasteiger partial charge in [0.2, 0.25) is 0 Å². The van der Waals surface area contributed by atoms with Gasteiger partial charge in [-0.25, -0.2) is 9.37 Å². The van der Waals surface area contributed by atoms with E-state index in [2.05, 4.69) is 31.5 Å². The second kappa shape index (κ2) is 5.94. The van der Waals surface area contributed by atoms with E-state index in [0.29, 0.717) is 31.8 Å². The molecule has 0 fully saturated rings. The van der Waals surface area contributed by atoms with E-state index in [1.54, 1.807) is 25.2 Å². The van der Waals surface area contributed by atoms with Gasteiger partial charge in [-0.05, 0) is 40.2 Å². The summed E-state index contributed by atoms with van der Waals surface area (Å²) in [6.07, 6.45) is 0. The van der Waals surface area contributed by atoms with Gasteiger partial charge in [0.05, 0.1) is 14.5 Å². The van der Waals surface area contributed by atoms with E-state index < -0.39 is 0 Å². The summed E-state index contributed by atoms with van der Waals surface area (Å²) in [7, 11) is 1.71. The Morgan fingerprint density at radius 2 is 1.84 bits per heavy atom. The Bertz CT molecular complexity index is 622. The molecule has 0 saturated heterocycles. The average Bonchev–Trinajstić information content (AvgIpc) is 2.37. The minimum Gasteiger partial charge on any atom is -0.372 e. The molecule has 2 rings (SSSR count). The lowest BCUT2D eigenvalue weighted by Gasteiger charge is -2.11. The highest BCUT2D eigenvalue weighted by atomic mass is 79.9. The van der Waals surface area contributed by atoms with Crippen LogP contribution in [0, 0.1) is 5.82 Å². The number of hydrogen-bond acceptors (Lipinski definition) is 3. The number of nitrogens with one attached hydrogen (secondary N) is 2. The molecule has 0 spiro atoms. The molecule has 0 unspecified atom stereocenters. The van der Waals surface area contributed by atoms with Crippen molar-refractivity contribution < 1.29 is 4.39 Å². The van der Waals surface area contributed by atoms with Gasteiger partial charge in [0.1, 0.15) is 11.6 Å². The molecule has 1 heterocycles. The lowest BCUT2D eigenvalue weighted by molar-refractivity contribution is 0.621. The summed E-state index contributed by atoms with van der Waals surface area (Å²) >= 11 is 15.1. The van der Waals surface area contributed by atoms with Crippen molar-refractivity contribution in [3.8, 4) is 0 Å². The molecule has 1 aromatic carbocycles. The molecular formula is C12H9BrCl2FN3. The van der Waals surface area contributed by atoms with Crippen LogP contribution < -0.4 is 10.6 Å². The fourth-order valence-electron chi connectivity index (χ4n) is 1.44. The van der Waals surface area contributed by atoms with Crippen molar-refractivity contribution in [2.45, 2.75) is 0 Å². The highest BCUT2D eigenvalue weighted by molar-refractivity contribution is 9.10. The molecule has 1 aromatic heterocycles. The lowest BCUT2D eigenvalue weighted by atomic mass is 10.3. The van der Waals surface area contributed by atoms with E-state index in [9.17, 15) is 4.39 Å². The molecule has 0 aliphatic rings. The smallest absolute Gasteiger partial charge is 0.151 e. The Balaban J connectivity index is 2.34. The lowest BCUT2D eigenvalue weighted by Crippen LogP contribution is -2.00. The quantitative estimate of drug-likeness (QED) is 0.797. The monoisotopic (exact) mass is 363 g/mol. The van der Waals surface area contributed by atoms with E-state index in [4.69, 9.17) is 23.2 Å². The predicted octanol–water partition coefficient (Wildman–Crippen LogP) is 5.08. The first-order valence-corrected chi connectivity index (χ1v) is 6.82. The first-order valence-electron chi connectivity index (χ1n) is 5.27. The van der Waals surface area contributed by atoms with E-state index in [1.165, 1.54) is 6.07 Å². The highest BCUT2D eigenvalue weighted by Crippen LogP contribution is 2.31. The summed E-state index contributed by atoms with van der Waals surface area (Å²) in [5.74, 6) is 0.611. The van der Waals surface area contributed by atoms with Gasteiger partial charge >= 0.3 is 0 Å². The molecule has 19 heavy (non-hydrogen) atoms. The summed E-state index contributed by atoms with van der Waals surface area (Å²) in [5, 5.41) is 6.67. The van der Waals surface area contributed by atoms with Crippen LogP contribution in [0.2, 0.25) is 10.0 Å². The number of pyridine rings is 1. The molecule has 0 saturated carbocycles. The van der Waals surface area contributed by atoms with Crippen LogP contribution in [-0.4, -0.2) is 12.0 Å². The molecule has 3 nitrogen and oxygen atoms in total. The van der Waals surface area contributed by atoms with Crippen molar-refractivity contribution in [1.82, 2.24) is 4.98 Å². The van der Waals surface area contributed by atoms with E-state index in [-0.39, 0.29) is 5.82 Å². The zero-order chi connectivity index (χ0) is 14.0. The Labute approximate surface area is 128 Å². The van der Waals surface area contributed by atoms with E-state index in [1.807, 2.05) is 0 Å². The maximum absolute atomic E-state index is 13.1. The van der Waals surface area contributed by atoms with Gasteiger partial charge in [-0.1, -0.05) is 23.2 Å². The molecular weight excluding hydrogens is 356 g/mol. The van der Waals surface area contributed by atoms with Crippen molar-refractivity contribution in [3.63, 3.8) is 0 Å². The number of anilines is 3. The van der Waals surface area contributed by atoms with Crippen LogP contribution in [0.4, 0.5) is 21.7 Å². The maximum atomic E-state index is 13.1. The number of benzene rings is 1. The minimum absolute atomic E-state index is 0.336. The van der Waals surface area contributed by atoms with Gasteiger partial charge in [-0.3, -0.25) is 0 Å². The van der Waals surface area contributed by atoms with Crippen molar-refractivity contribution in [1.29, 1.82) is 0 Å². The zero-order valence-corrected chi connectivity index (χ0v) is 12.9. The summed E-state index contributed by atoms with van der Waals surface area (Å²) in [4.78, 5) is 4.24. The number of aromatic nitrogens is 1. The molecule has 0 aliphatic heterocycles. The molecule has 0 atom stereocenters. The fourth-order valence-corrected chi connectivity index (χ4v) is 2.32. The van der Waals surface area contributed by atoms with Crippen LogP contribution in [0.5, 0.6) is 0 Å². The number of hydrogen-bond donors (Lipinski definition) is 2. The molecule has 0 aliphatic carbocycles. The van der Waals surface area contributed by atoms with Crippen LogP contribution in [0.1, 0.15) is 0 Å². The summed E-state index contributed by atoms with van der Waals surface area (Å²) < 4.78 is 13.5. The van der Waals surface area contributed by atoms with Crippen molar-refractivity contribution >= 4 is 56.5 Å². The van der Waals surface area contributed by atoms with Gasteiger partial charge in [-0.15, -0.1) is 0 Å². The Morgan fingerprint density at radius 1 is 1.16 bits per heavy atom. The molecule has 2 aromatic rings. The second-order valence-electron chi connectivity index (χ2n) is 3.65. The number of nitrogens with zero attached hydrogens (tertiary/aromatic N) is 1.